The average molecular weight is 342 g/mol. The molecule has 2 aliphatic rings. The first kappa shape index (κ1) is 16.5. The standard InChI is InChI=1S/C19H26N4O2/c1-2-25-13-17(24)22-11-9-15(12-22)23-18(14-6-3-4-7-14)21-16-8-5-10-20-19(16)23/h5,8,10,14-15H,2-4,6-7,9,11-13H2,1H3. The van der Waals surface area contributed by atoms with E-state index in [1.54, 1.807) is 0 Å². The fourth-order valence-corrected chi connectivity index (χ4v) is 4.24. The summed E-state index contributed by atoms with van der Waals surface area (Å²) in [5.74, 6) is 1.79. The summed E-state index contributed by atoms with van der Waals surface area (Å²) >= 11 is 0. The smallest absolute Gasteiger partial charge is 0.248 e. The molecule has 4 rings (SSSR count). The number of pyridine rings is 1. The van der Waals surface area contributed by atoms with E-state index in [9.17, 15) is 4.79 Å². The quantitative estimate of drug-likeness (QED) is 0.838. The molecule has 0 bridgehead atoms. The summed E-state index contributed by atoms with van der Waals surface area (Å²) in [7, 11) is 0. The summed E-state index contributed by atoms with van der Waals surface area (Å²) in [6.07, 6.45) is 7.79. The SMILES string of the molecule is CCOCC(=O)N1CCC(n2c(C3CCCC3)nc3cccnc32)C1. The van der Waals surface area contributed by atoms with Crippen LogP contribution in [0.15, 0.2) is 18.3 Å². The zero-order valence-electron chi connectivity index (χ0n) is 14.9. The van der Waals surface area contributed by atoms with E-state index in [2.05, 4.69) is 9.55 Å². The molecule has 134 valence electrons. The zero-order chi connectivity index (χ0) is 17.2. The molecule has 1 atom stereocenters. The lowest BCUT2D eigenvalue weighted by atomic mass is 10.1. The lowest BCUT2D eigenvalue weighted by Gasteiger charge is -2.20. The number of hydrogen-bond acceptors (Lipinski definition) is 4. The highest BCUT2D eigenvalue weighted by molar-refractivity contribution is 5.78. The first-order valence-electron chi connectivity index (χ1n) is 9.46. The largest absolute Gasteiger partial charge is 0.372 e. The van der Waals surface area contributed by atoms with Gasteiger partial charge in [-0.3, -0.25) is 4.79 Å². The Morgan fingerprint density at radius 2 is 2.16 bits per heavy atom. The topological polar surface area (TPSA) is 60.2 Å². The molecule has 1 unspecified atom stereocenters. The summed E-state index contributed by atoms with van der Waals surface area (Å²) in [5.41, 5.74) is 1.94. The number of aromatic nitrogens is 3. The average Bonchev–Trinajstić information content (AvgIpc) is 3.37. The maximum Gasteiger partial charge on any atom is 0.248 e. The van der Waals surface area contributed by atoms with Gasteiger partial charge in [0.15, 0.2) is 5.65 Å². The Balaban J connectivity index is 1.62. The van der Waals surface area contributed by atoms with Crippen LogP contribution in [0.2, 0.25) is 0 Å². The second kappa shape index (κ2) is 7.12. The summed E-state index contributed by atoms with van der Waals surface area (Å²) in [6.45, 7) is 4.19. The normalized spacial score (nSPS) is 21.5. The highest BCUT2D eigenvalue weighted by atomic mass is 16.5. The van der Waals surface area contributed by atoms with Gasteiger partial charge in [-0.2, -0.15) is 0 Å². The number of hydrogen-bond donors (Lipinski definition) is 0. The van der Waals surface area contributed by atoms with Crippen molar-refractivity contribution in [1.29, 1.82) is 0 Å². The van der Waals surface area contributed by atoms with E-state index >= 15 is 0 Å². The van der Waals surface area contributed by atoms with Crippen LogP contribution in [0.25, 0.3) is 11.2 Å². The van der Waals surface area contributed by atoms with Gasteiger partial charge in [0.2, 0.25) is 5.91 Å². The fraction of sp³-hybridized carbons (Fsp3) is 0.632. The van der Waals surface area contributed by atoms with Crippen LogP contribution in [0, 0.1) is 0 Å². The maximum absolute atomic E-state index is 12.3. The maximum atomic E-state index is 12.3. The molecule has 0 aromatic carbocycles. The molecular weight excluding hydrogens is 316 g/mol. The molecule has 0 N–H and O–H groups in total. The molecule has 1 saturated heterocycles. The van der Waals surface area contributed by atoms with Crippen molar-refractivity contribution >= 4 is 17.1 Å². The molecule has 0 spiro atoms. The first-order valence-corrected chi connectivity index (χ1v) is 9.46. The van der Waals surface area contributed by atoms with E-state index < -0.39 is 0 Å². The number of carbonyl (C=O) groups excluding carboxylic acids is 1. The van der Waals surface area contributed by atoms with Gasteiger partial charge in [-0.1, -0.05) is 12.8 Å². The highest BCUT2D eigenvalue weighted by Crippen LogP contribution is 2.37. The lowest BCUT2D eigenvalue weighted by molar-refractivity contribution is -0.135. The summed E-state index contributed by atoms with van der Waals surface area (Å²) in [6, 6.07) is 4.26. The third-order valence-corrected chi connectivity index (χ3v) is 5.51. The molecule has 0 radical (unpaired) electrons. The predicted molar refractivity (Wildman–Crippen MR) is 95.5 cm³/mol. The molecule has 3 heterocycles. The predicted octanol–water partition coefficient (Wildman–Crippen LogP) is 2.90. The minimum absolute atomic E-state index is 0.0872. The molecule has 2 fully saturated rings. The van der Waals surface area contributed by atoms with Crippen molar-refractivity contribution in [2.75, 3.05) is 26.3 Å². The molecule has 1 aliphatic carbocycles. The van der Waals surface area contributed by atoms with E-state index in [-0.39, 0.29) is 18.6 Å². The van der Waals surface area contributed by atoms with Crippen molar-refractivity contribution in [3.8, 4) is 0 Å². The Bertz CT molecular complexity index is 751. The van der Waals surface area contributed by atoms with Crippen LogP contribution >= 0.6 is 0 Å². The molecule has 1 aliphatic heterocycles. The van der Waals surface area contributed by atoms with Gasteiger partial charge in [0.25, 0.3) is 0 Å². The number of fused-ring (bicyclic) bond motifs is 1. The molecule has 6 heteroatoms. The Morgan fingerprint density at radius 1 is 1.32 bits per heavy atom. The minimum Gasteiger partial charge on any atom is -0.372 e. The van der Waals surface area contributed by atoms with E-state index in [0.29, 0.717) is 12.5 Å². The third kappa shape index (κ3) is 3.15. The Morgan fingerprint density at radius 3 is 2.96 bits per heavy atom. The highest BCUT2D eigenvalue weighted by Gasteiger charge is 2.33. The monoisotopic (exact) mass is 342 g/mol. The van der Waals surface area contributed by atoms with Crippen LogP contribution in [0.5, 0.6) is 0 Å². The number of imidazole rings is 1. The van der Waals surface area contributed by atoms with E-state index in [4.69, 9.17) is 9.72 Å². The lowest BCUT2D eigenvalue weighted by Crippen LogP contribution is -2.32. The van der Waals surface area contributed by atoms with Crippen LogP contribution in [0.1, 0.15) is 56.8 Å². The number of amides is 1. The van der Waals surface area contributed by atoms with E-state index in [0.717, 1.165) is 30.7 Å². The van der Waals surface area contributed by atoms with Gasteiger partial charge in [0.1, 0.15) is 17.9 Å². The third-order valence-electron chi connectivity index (χ3n) is 5.51. The summed E-state index contributed by atoms with van der Waals surface area (Å²) in [4.78, 5) is 23.7. The van der Waals surface area contributed by atoms with E-state index in [1.165, 1.54) is 31.5 Å². The summed E-state index contributed by atoms with van der Waals surface area (Å²) in [5, 5.41) is 0. The van der Waals surface area contributed by atoms with Gasteiger partial charge in [-0.15, -0.1) is 0 Å². The first-order chi connectivity index (χ1) is 12.3. The van der Waals surface area contributed by atoms with Crippen LogP contribution in [-0.4, -0.2) is 51.6 Å². The fourth-order valence-electron chi connectivity index (χ4n) is 4.24. The molecule has 2 aromatic rings. The van der Waals surface area contributed by atoms with Gasteiger partial charge >= 0.3 is 0 Å². The van der Waals surface area contributed by atoms with Gasteiger partial charge in [0.05, 0.1) is 6.04 Å². The second-order valence-corrected chi connectivity index (χ2v) is 7.09. The van der Waals surface area contributed by atoms with Crippen molar-refractivity contribution in [1.82, 2.24) is 19.4 Å². The Hall–Kier alpha value is -1.95. The number of nitrogens with zero attached hydrogens (tertiary/aromatic N) is 4. The van der Waals surface area contributed by atoms with Crippen LogP contribution < -0.4 is 0 Å². The van der Waals surface area contributed by atoms with Gasteiger partial charge in [-0.25, -0.2) is 9.97 Å². The van der Waals surface area contributed by atoms with Crippen molar-refractivity contribution in [2.24, 2.45) is 0 Å². The van der Waals surface area contributed by atoms with Crippen molar-refractivity contribution < 1.29 is 9.53 Å². The van der Waals surface area contributed by atoms with Gasteiger partial charge in [0, 0.05) is 31.8 Å². The van der Waals surface area contributed by atoms with Crippen molar-refractivity contribution in [3.63, 3.8) is 0 Å². The van der Waals surface area contributed by atoms with Gasteiger partial charge < -0.3 is 14.2 Å². The van der Waals surface area contributed by atoms with Crippen molar-refractivity contribution in [3.05, 3.63) is 24.2 Å². The zero-order valence-corrected chi connectivity index (χ0v) is 14.9. The molecule has 1 saturated carbocycles. The number of likely N-dealkylation sites (tertiary alicyclic amines) is 1. The molecule has 6 nitrogen and oxygen atoms in total. The molecule has 1 amide bonds. The van der Waals surface area contributed by atoms with Crippen LogP contribution in [0.4, 0.5) is 0 Å². The van der Waals surface area contributed by atoms with E-state index in [1.807, 2.05) is 30.2 Å². The van der Waals surface area contributed by atoms with Crippen LogP contribution in [-0.2, 0) is 9.53 Å². The van der Waals surface area contributed by atoms with Gasteiger partial charge in [-0.05, 0) is 38.3 Å². The minimum atomic E-state index is 0.0872. The molecule has 25 heavy (non-hydrogen) atoms. The molecule has 2 aromatic heterocycles. The summed E-state index contributed by atoms with van der Waals surface area (Å²) < 4.78 is 7.62. The number of rotatable bonds is 5. The Labute approximate surface area is 148 Å². The second-order valence-electron chi connectivity index (χ2n) is 7.09. The number of carbonyl (C=O) groups is 1. The Kier molecular flexibility index (Phi) is 4.70. The number of ether oxygens (including phenoxy) is 1. The van der Waals surface area contributed by atoms with Crippen LogP contribution in [0.3, 0.4) is 0 Å². The van der Waals surface area contributed by atoms with Crippen molar-refractivity contribution in [2.45, 2.75) is 51.0 Å². The molecular formula is C19H26N4O2.